The Hall–Kier alpha value is -2.57. The predicted octanol–water partition coefficient (Wildman–Crippen LogP) is 3.78. The number of carbonyl (C=O) groups excluding carboxylic acids is 1. The van der Waals surface area contributed by atoms with Crippen LogP contribution >= 0.6 is 0 Å². The van der Waals surface area contributed by atoms with Crippen molar-refractivity contribution < 1.29 is 22.7 Å². The lowest BCUT2D eigenvalue weighted by Gasteiger charge is -2.25. The van der Waals surface area contributed by atoms with Gasteiger partial charge in [-0.3, -0.25) is 4.79 Å². The van der Waals surface area contributed by atoms with Gasteiger partial charge in [-0.15, -0.1) is 0 Å². The molecule has 0 bridgehead atoms. The maximum Gasteiger partial charge on any atom is 0.422 e. The summed E-state index contributed by atoms with van der Waals surface area (Å²) in [5, 5.41) is 0. The number of rotatable bonds is 4. The highest BCUT2D eigenvalue weighted by Crippen LogP contribution is 2.35. The van der Waals surface area contributed by atoms with Crippen LogP contribution in [-0.4, -0.2) is 35.6 Å². The highest BCUT2D eigenvalue weighted by Gasteiger charge is 2.30. The van der Waals surface area contributed by atoms with Gasteiger partial charge in [0, 0.05) is 19.3 Å². The molecule has 132 valence electrons. The first-order valence-corrected chi connectivity index (χ1v) is 7.86. The molecule has 0 radical (unpaired) electrons. The van der Waals surface area contributed by atoms with E-state index in [0.29, 0.717) is 5.56 Å². The summed E-state index contributed by atoms with van der Waals surface area (Å²) < 4.78 is 41.0. The minimum atomic E-state index is -4.42. The number of halogens is 3. The molecule has 3 rings (SSSR count). The van der Waals surface area contributed by atoms with Gasteiger partial charge < -0.3 is 9.64 Å². The summed E-state index contributed by atoms with van der Waals surface area (Å²) in [5.74, 6) is -0.390. The quantitative estimate of drug-likeness (QED) is 0.843. The number of aryl methyl sites for hydroxylation is 1. The minimum absolute atomic E-state index is 0.00939. The van der Waals surface area contributed by atoms with Crippen molar-refractivity contribution in [1.82, 2.24) is 9.88 Å². The van der Waals surface area contributed by atoms with Crippen LogP contribution in [0.4, 0.5) is 13.2 Å². The van der Waals surface area contributed by atoms with Crippen LogP contribution in [-0.2, 0) is 6.42 Å². The van der Waals surface area contributed by atoms with E-state index in [-0.39, 0.29) is 17.8 Å². The molecular weight excluding hydrogens is 333 g/mol. The average molecular weight is 350 g/mol. The summed E-state index contributed by atoms with van der Waals surface area (Å²) in [5.41, 5.74) is 2.68. The molecule has 2 aromatic rings. The van der Waals surface area contributed by atoms with Gasteiger partial charge in [0.1, 0.15) is 0 Å². The van der Waals surface area contributed by atoms with Crippen LogP contribution < -0.4 is 4.74 Å². The number of hydrogen-bond acceptors (Lipinski definition) is 3. The van der Waals surface area contributed by atoms with E-state index in [1.807, 2.05) is 18.2 Å². The van der Waals surface area contributed by atoms with Crippen molar-refractivity contribution in [2.45, 2.75) is 25.1 Å². The van der Waals surface area contributed by atoms with Gasteiger partial charge >= 0.3 is 6.18 Å². The monoisotopic (exact) mass is 350 g/mol. The van der Waals surface area contributed by atoms with Crippen LogP contribution in [0.25, 0.3) is 0 Å². The van der Waals surface area contributed by atoms with Crippen molar-refractivity contribution in [3.8, 4) is 5.88 Å². The zero-order chi connectivity index (χ0) is 18.0. The number of carbonyl (C=O) groups is 1. The zero-order valence-corrected chi connectivity index (χ0v) is 13.6. The Morgan fingerprint density at radius 3 is 2.72 bits per heavy atom. The molecule has 0 saturated heterocycles. The minimum Gasteiger partial charge on any atom is -0.468 e. The summed E-state index contributed by atoms with van der Waals surface area (Å²) in [6.07, 6.45) is -1.42. The number of benzene rings is 1. The maximum absolute atomic E-state index is 12.6. The largest absolute Gasteiger partial charge is 0.468 e. The van der Waals surface area contributed by atoms with Gasteiger partial charge in [0.15, 0.2) is 6.61 Å². The summed E-state index contributed by atoms with van der Waals surface area (Å²) >= 11 is 0. The van der Waals surface area contributed by atoms with E-state index in [2.05, 4.69) is 15.8 Å². The number of ether oxygens (including phenoxy) is 1. The van der Waals surface area contributed by atoms with E-state index in [9.17, 15) is 18.0 Å². The Balaban J connectivity index is 1.69. The van der Waals surface area contributed by atoms with E-state index in [0.717, 1.165) is 18.4 Å². The fourth-order valence-electron chi connectivity index (χ4n) is 3.03. The Labute approximate surface area is 143 Å². The first-order valence-electron chi connectivity index (χ1n) is 7.86. The Morgan fingerprint density at radius 2 is 2.04 bits per heavy atom. The van der Waals surface area contributed by atoms with Crippen molar-refractivity contribution in [3.63, 3.8) is 0 Å². The molecule has 4 nitrogen and oxygen atoms in total. The van der Waals surface area contributed by atoms with Crippen LogP contribution in [0.1, 0.15) is 33.9 Å². The molecule has 7 heteroatoms. The van der Waals surface area contributed by atoms with Crippen molar-refractivity contribution in [3.05, 3.63) is 59.3 Å². The topological polar surface area (TPSA) is 42.4 Å². The molecule has 1 amide bonds. The molecule has 0 saturated carbocycles. The number of alkyl halides is 3. The fraction of sp³-hybridized carbons (Fsp3) is 0.333. The van der Waals surface area contributed by atoms with Gasteiger partial charge in [0.25, 0.3) is 5.91 Å². The lowest BCUT2D eigenvalue weighted by Crippen LogP contribution is -2.30. The molecule has 1 aliphatic carbocycles. The molecule has 1 aromatic carbocycles. The van der Waals surface area contributed by atoms with Crippen LogP contribution in [0, 0.1) is 0 Å². The number of aromatic nitrogens is 1. The number of pyridine rings is 1. The molecular formula is C18H17F3N2O2. The van der Waals surface area contributed by atoms with Crippen molar-refractivity contribution in [2.24, 2.45) is 0 Å². The average Bonchev–Trinajstić information content (AvgIpc) is 3.02. The second kappa shape index (κ2) is 6.74. The van der Waals surface area contributed by atoms with Gasteiger partial charge in [-0.25, -0.2) is 4.98 Å². The second-order valence-corrected chi connectivity index (χ2v) is 5.96. The maximum atomic E-state index is 12.6. The third-order valence-electron chi connectivity index (χ3n) is 4.26. The predicted molar refractivity (Wildman–Crippen MR) is 85.4 cm³/mol. The number of fused-ring (bicyclic) bond motifs is 1. The molecule has 1 aromatic heterocycles. The molecule has 0 unspecified atom stereocenters. The second-order valence-electron chi connectivity index (χ2n) is 5.96. The van der Waals surface area contributed by atoms with Crippen molar-refractivity contribution in [2.75, 3.05) is 13.7 Å². The van der Waals surface area contributed by atoms with Crippen LogP contribution in [0.15, 0.2) is 42.6 Å². The standard InChI is InChI=1S/C18H17F3N2O2/c1-23(15-8-6-12-4-2-3-5-14(12)15)17(24)13-7-9-16(22-10-13)25-11-18(19,20)21/h2-5,7,9-10,15H,6,8,11H2,1H3/t15-/m1/s1. The van der Waals surface area contributed by atoms with Crippen molar-refractivity contribution in [1.29, 1.82) is 0 Å². The van der Waals surface area contributed by atoms with Gasteiger partial charge in [-0.1, -0.05) is 24.3 Å². The molecule has 1 heterocycles. The molecule has 0 aliphatic heterocycles. The SMILES string of the molecule is CN(C(=O)c1ccc(OCC(F)(F)F)nc1)[C@@H]1CCc2ccccc21. The van der Waals surface area contributed by atoms with Gasteiger partial charge in [0.2, 0.25) is 5.88 Å². The van der Waals surface area contributed by atoms with Crippen molar-refractivity contribution >= 4 is 5.91 Å². The number of nitrogens with zero attached hydrogens (tertiary/aromatic N) is 2. The van der Waals surface area contributed by atoms with E-state index in [1.54, 1.807) is 11.9 Å². The Morgan fingerprint density at radius 1 is 1.28 bits per heavy atom. The van der Waals surface area contributed by atoms with E-state index >= 15 is 0 Å². The van der Waals surface area contributed by atoms with Gasteiger partial charge in [0.05, 0.1) is 11.6 Å². The van der Waals surface area contributed by atoms with Crippen LogP contribution in [0.3, 0.4) is 0 Å². The van der Waals surface area contributed by atoms with Crippen LogP contribution in [0.5, 0.6) is 5.88 Å². The van der Waals surface area contributed by atoms with E-state index in [4.69, 9.17) is 0 Å². The zero-order valence-electron chi connectivity index (χ0n) is 13.6. The normalized spacial score (nSPS) is 16.4. The number of amides is 1. The first-order chi connectivity index (χ1) is 11.8. The molecule has 0 N–H and O–H groups in total. The van der Waals surface area contributed by atoms with Gasteiger partial charge in [-0.2, -0.15) is 13.2 Å². The lowest BCUT2D eigenvalue weighted by atomic mass is 10.1. The van der Waals surface area contributed by atoms with Gasteiger partial charge in [-0.05, 0) is 30.0 Å². The number of hydrogen-bond donors (Lipinski definition) is 0. The first kappa shape index (κ1) is 17.3. The van der Waals surface area contributed by atoms with E-state index in [1.165, 1.54) is 23.9 Å². The fourth-order valence-corrected chi connectivity index (χ4v) is 3.03. The summed E-state index contributed by atoms with van der Waals surface area (Å²) in [7, 11) is 1.73. The molecule has 0 fully saturated rings. The smallest absolute Gasteiger partial charge is 0.422 e. The molecule has 25 heavy (non-hydrogen) atoms. The molecule has 1 aliphatic rings. The highest BCUT2D eigenvalue weighted by atomic mass is 19.4. The molecule has 0 spiro atoms. The Kier molecular flexibility index (Phi) is 4.65. The third kappa shape index (κ3) is 3.92. The summed E-state index contributed by atoms with van der Waals surface area (Å²) in [6, 6.07) is 10.7. The summed E-state index contributed by atoms with van der Waals surface area (Å²) in [6.45, 7) is -1.41. The third-order valence-corrected chi connectivity index (χ3v) is 4.26. The van der Waals surface area contributed by atoms with E-state index < -0.39 is 12.8 Å². The lowest BCUT2D eigenvalue weighted by molar-refractivity contribution is -0.154. The molecule has 1 atom stereocenters. The summed E-state index contributed by atoms with van der Waals surface area (Å²) in [4.78, 5) is 18.1. The van der Waals surface area contributed by atoms with Crippen LogP contribution in [0.2, 0.25) is 0 Å². The highest BCUT2D eigenvalue weighted by molar-refractivity contribution is 5.94. The Bertz CT molecular complexity index is 760.